The Labute approximate surface area is 177 Å². The van der Waals surface area contributed by atoms with Crippen molar-refractivity contribution >= 4 is 23.5 Å². The summed E-state index contributed by atoms with van der Waals surface area (Å²) in [5, 5.41) is 8.95. The summed E-state index contributed by atoms with van der Waals surface area (Å²) in [6.45, 7) is 5.59. The predicted molar refractivity (Wildman–Crippen MR) is 110 cm³/mol. The topological polar surface area (TPSA) is 43.2 Å². The third kappa shape index (κ3) is 4.10. The molecule has 0 radical (unpaired) electrons. The highest BCUT2D eigenvalue weighted by molar-refractivity contribution is 8.02. The van der Waals surface area contributed by atoms with Crippen LogP contribution in [0.25, 0.3) is 0 Å². The van der Waals surface area contributed by atoms with Gasteiger partial charge in [0, 0.05) is 7.05 Å². The molecule has 0 atom stereocenters. The second-order valence-electron chi connectivity index (χ2n) is 7.17. The highest BCUT2D eigenvalue weighted by Gasteiger charge is 2.42. The van der Waals surface area contributed by atoms with Gasteiger partial charge in [-0.25, -0.2) is 9.37 Å². The van der Waals surface area contributed by atoms with Gasteiger partial charge in [-0.1, -0.05) is 12.1 Å². The minimum Gasteiger partial charge on any atom is -0.300 e. The highest BCUT2D eigenvalue weighted by atomic mass is 32.2. The number of pyridine rings is 1. The van der Waals surface area contributed by atoms with Gasteiger partial charge in [0.1, 0.15) is 11.9 Å². The molecule has 158 valence electrons. The average molecular weight is 436 g/mol. The Morgan fingerprint density at radius 1 is 1.27 bits per heavy atom. The molecular weight excluding hydrogens is 416 g/mol. The van der Waals surface area contributed by atoms with Gasteiger partial charge >= 0.3 is 6.18 Å². The van der Waals surface area contributed by atoms with Gasteiger partial charge in [-0.05, 0) is 49.9 Å². The summed E-state index contributed by atoms with van der Waals surface area (Å²) in [7, 11) is 1.60. The van der Waals surface area contributed by atoms with E-state index < -0.39 is 23.0 Å². The lowest BCUT2D eigenvalue weighted by molar-refractivity contribution is -0.138. The quantitative estimate of drug-likeness (QED) is 0.314. The molecule has 1 aliphatic rings. The molecule has 1 aliphatic carbocycles. The molecule has 9 heteroatoms. The molecule has 0 spiro atoms. The van der Waals surface area contributed by atoms with E-state index in [1.54, 1.807) is 32.2 Å². The van der Waals surface area contributed by atoms with Crippen LogP contribution >= 0.6 is 12.1 Å². The van der Waals surface area contributed by atoms with Gasteiger partial charge in [-0.15, -0.1) is 6.58 Å². The van der Waals surface area contributed by atoms with Gasteiger partial charge in [-0.3, -0.25) is 4.31 Å². The minimum absolute atomic E-state index is 0.169. The number of nitriles is 1. The summed E-state index contributed by atoms with van der Waals surface area (Å²) in [6, 6.07) is 7.23. The number of rotatable bonds is 6. The third-order valence-corrected chi connectivity index (χ3v) is 6.44. The van der Waals surface area contributed by atoms with E-state index in [2.05, 4.69) is 11.6 Å². The molecule has 0 saturated heterocycles. The Balaban J connectivity index is 1.98. The monoisotopic (exact) mass is 436 g/mol. The van der Waals surface area contributed by atoms with Gasteiger partial charge in [-0.2, -0.15) is 18.4 Å². The molecule has 0 bridgehead atoms. The van der Waals surface area contributed by atoms with Crippen LogP contribution in [-0.2, 0) is 6.18 Å². The number of anilines is 2. The Hall–Kier alpha value is -2.73. The van der Waals surface area contributed by atoms with Crippen molar-refractivity contribution in [3.05, 3.63) is 65.8 Å². The normalized spacial score (nSPS) is 15.1. The first-order chi connectivity index (χ1) is 14.1. The minimum atomic E-state index is -4.70. The summed E-state index contributed by atoms with van der Waals surface area (Å²) in [4.78, 5) is 3.67. The first kappa shape index (κ1) is 22.0. The van der Waals surface area contributed by atoms with Crippen LogP contribution in [0.1, 0.15) is 36.1 Å². The molecule has 2 aromatic rings. The zero-order valence-corrected chi connectivity index (χ0v) is 17.3. The smallest absolute Gasteiger partial charge is 0.300 e. The lowest BCUT2D eigenvalue weighted by Crippen LogP contribution is -2.50. The number of aromatic nitrogens is 1. The maximum atomic E-state index is 14.2. The molecule has 1 saturated carbocycles. The first-order valence-corrected chi connectivity index (χ1v) is 9.93. The largest absolute Gasteiger partial charge is 0.419 e. The van der Waals surface area contributed by atoms with Gasteiger partial charge in [0.25, 0.3) is 0 Å². The van der Waals surface area contributed by atoms with Gasteiger partial charge in [0.2, 0.25) is 0 Å². The van der Waals surface area contributed by atoms with E-state index in [9.17, 15) is 17.6 Å². The summed E-state index contributed by atoms with van der Waals surface area (Å²) >= 11 is 1.14. The number of hydrogen-bond acceptors (Lipinski definition) is 5. The van der Waals surface area contributed by atoms with Gasteiger partial charge in [0.15, 0.2) is 5.69 Å². The van der Waals surface area contributed by atoms with E-state index in [1.807, 2.05) is 4.31 Å². The van der Waals surface area contributed by atoms with Crippen LogP contribution in [0.5, 0.6) is 0 Å². The lowest BCUT2D eigenvalue weighted by Gasteiger charge is -2.49. The van der Waals surface area contributed by atoms with E-state index in [0.29, 0.717) is 11.3 Å². The van der Waals surface area contributed by atoms with E-state index in [0.717, 1.165) is 37.5 Å². The van der Waals surface area contributed by atoms with E-state index in [-0.39, 0.29) is 11.5 Å². The molecule has 4 nitrogen and oxygen atoms in total. The van der Waals surface area contributed by atoms with Crippen molar-refractivity contribution in [2.24, 2.45) is 0 Å². The van der Waals surface area contributed by atoms with E-state index >= 15 is 0 Å². The Kier molecular flexibility index (Phi) is 5.99. The molecule has 3 rings (SSSR count). The second-order valence-corrected chi connectivity index (χ2v) is 8.24. The van der Waals surface area contributed by atoms with Crippen LogP contribution in [0.2, 0.25) is 0 Å². The second kappa shape index (κ2) is 8.19. The zero-order chi connectivity index (χ0) is 22.1. The van der Waals surface area contributed by atoms with Crippen LogP contribution in [0.3, 0.4) is 0 Å². The van der Waals surface area contributed by atoms with Crippen LogP contribution < -0.4 is 8.61 Å². The fraction of sp³-hybridized carbons (Fsp3) is 0.333. The molecular formula is C21H20F4N4S. The van der Waals surface area contributed by atoms with E-state index in [1.165, 1.54) is 22.6 Å². The Bertz CT molecular complexity index is 995. The molecule has 0 unspecified atom stereocenters. The lowest BCUT2D eigenvalue weighted by atomic mass is 9.76. The summed E-state index contributed by atoms with van der Waals surface area (Å²) in [5.74, 6) is -0.362. The zero-order valence-electron chi connectivity index (χ0n) is 16.5. The molecule has 1 aromatic carbocycles. The Morgan fingerprint density at radius 2 is 1.97 bits per heavy atom. The maximum absolute atomic E-state index is 14.2. The van der Waals surface area contributed by atoms with Crippen LogP contribution in [0.4, 0.5) is 28.9 Å². The predicted octanol–water partition coefficient (Wildman–Crippen LogP) is 6.03. The number of hydrogen-bond donors (Lipinski definition) is 0. The number of benzene rings is 1. The van der Waals surface area contributed by atoms with Crippen molar-refractivity contribution in [3.8, 4) is 6.07 Å². The number of alkyl halides is 3. The van der Waals surface area contributed by atoms with E-state index in [4.69, 9.17) is 5.26 Å². The van der Waals surface area contributed by atoms with Crippen LogP contribution in [-0.4, -0.2) is 17.6 Å². The van der Waals surface area contributed by atoms with Crippen LogP contribution in [0.15, 0.2) is 43.1 Å². The number of aryl methyl sites for hydroxylation is 1. The Morgan fingerprint density at radius 3 is 2.47 bits per heavy atom. The summed E-state index contributed by atoms with van der Waals surface area (Å²) < 4.78 is 57.6. The molecule has 0 N–H and O–H groups in total. The third-order valence-electron chi connectivity index (χ3n) is 5.25. The van der Waals surface area contributed by atoms with Crippen molar-refractivity contribution in [1.29, 1.82) is 5.26 Å². The molecule has 1 fully saturated rings. The fourth-order valence-electron chi connectivity index (χ4n) is 3.22. The highest BCUT2D eigenvalue weighted by Crippen LogP contribution is 2.46. The van der Waals surface area contributed by atoms with Crippen molar-refractivity contribution in [3.63, 3.8) is 0 Å². The van der Waals surface area contributed by atoms with Crippen molar-refractivity contribution < 1.29 is 17.6 Å². The van der Waals surface area contributed by atoms with Crippen molar-refractivity contribution in [2.45, 2.75) is 37.9 Å². The molecule has 1 heterocycles. The van der Waals surface area contributed by atoms with Gasteiger partial charge < -0.3 is 4.31 Å². The summed E-state index contributed by atoms with van der Waals surface area (Å²) in [6.07, 6.45) is 0.884. The number of nitrogens with zero attached hydrogens (tertiary/aromatic N) is 4. The van der Waals surface area contributed by atoms with Gasteiger partial charge in [0.05, 0.1) is 40.8 Å². The number of halogens is 4. The van der Waals surface area contributed by atoms with Crippen molar-refractivity contribution in [1.82, 2.24) is 4.98 Å². The first-order valence-electron chi connectivity index (χ1n) is 9.20. The SMILES string of the molecule is C=CC1(N(SN(C)c2cnc(C#N)c(C(F)(F)F)c2)c2ccc(C)c(F)c2)CCC1. The molecule has 1 aromatic heterocycles. The average Bonchev–Trinajstić information content (AvgIpc) is 2.67. The fourth-order valence-corrected chi connectivity index (χ4v) is 4.29. The molecule has 0 amide bonds. The summed E-state index contributed by atoms with van der Waals surface area (Å²) in [5.41, 5.74) is -0.944. The maximum Gasteiger partial charge on any atom is 0.419 e. The molecule has 30 heavy (non-hydrogen) atoms. The molecule has 0 aliphatic heterocycles. The standard InChI is InChI=1S/C21H20F4N4S/c1-4-20(8-5-9-20)29(15-7-6-14(2)18(22)11-15)30-28(3)16-10-17(21(23,24)25)19(12-26)27-13-16/h4,6-7,10-11,13H,1,5,8-9H2,2-3H3. The van der Waals surface area contributed by atoms with Crippen molar-refractivity contribution in [2.75, 3.05) is 15.7 Å². The van der Waals surface area contributed by atoms with Crippen LogP contribution in [0, 0.1) is 24.1 Å².